The summed E-state index contributed by atoms with van der Waals surface area (Å²) in [7, 11) is 1.68. The molecule has 0 saturated carbocycles. The lowest BCUT2D eigenvalue weighted by Crippen LogP contribution is -2.17. The zero-order valence-corrected chi connectivity index (χ0v) is 19.3. The third-order valence-corrected chi connectivity index (χ3v) is 5.29. The molecule has 0 amide bonds. The van der Waals surface area contributed by atoms with Crippen molar-refractivity contribution in [3.05, 3.63) is 92.9 Å². The minimum atomic E-state index is 0. The van der Waals surface area contributed by atoms with Crippen LogP contribution in [0.4, 0.5) is 0 Å². The second kappa shape index (κ2) is 12.1. The molecular formula is C23H24BrCl2NO2. The summed E-state index contributed by atoms with van der Waals surface area (Å²) in [6, 6.07) is 22.0. The molecule has 0 atom stereocenters. The van der Waals surface area contributed by atoms with Gasteiger partial charge in [0.2, 0.25) is 0 Å². The number of halogens is 3. The van der Waals surface area contributed by atoms with Crippen LogP contribution in [0.5, 0.6) is 11.5 Å². The van der Waals surface area contributed by atoms with E-state index in [4.69, 9.17) is 21.1 Å². The second-order valence-electron chi connectivity index (χ2n) is 6.41. The summed E-state index contributed by atoms with van der Waals surface area (Å²) in [6.07, 6.45) is 0.952. The second-order valence-corrected chi connectivity index (χ2v) is 7.73. The van der Waals surface area contributed by atoms with Crippen molar-refractivity contribution in [2.45, 2.75) is 19.6 Å². The third kappa shape index (κ3) is 7.23. The summed E-state index contributed by atoms with van der Waals surface area (Å²) >= 11 is 9.77. The lowest BCUT2D eigenvalue weighted by molar-refractivity contribution is 0.302. The standard InChI is InChI=1S/C23H23BrClNO2.ClH/c1-27-21-9-6-17(7-10-21)12-13-26-15-19-14-20(24)8-11-23(19)28-16-18-4-2-3-5-22(18)25;/h2-11,14,26H,12-13,15-16H2,1H3;1H. The highest BCUT2D eigenvalue weighted by atomic mass is 79.9. The highest BCUT2D eigenvalue weighted by Gasteiger charge is 2.07. The fourth-order valence-electron chi connectivity index (χ4n) is 2.85. The van der Waals surface area contributed by atoms with Gasteiger partial charge < -0.3 is 14.8 Å². The maximum absolute atomic E-state index is 6.23. The summed E-state index contributed by atoms with van der Waals surface area (Å²) in [5.74, 6) is 1.74. The lowest BCUT2D eigenvalue weighted by Gasteiger charge is -2.14. The van der Waals surface area contributed by atoms with E-state index in [2.05, 4.69) is 39.4 Å². The molecule has 0 spiro atoms. The Labute approximate surface area is 191 Å². The van der Waals surface area contributed by atoms with Gasteiger partial charge in [-0.15, -0.1) is 12.4 Å². The van der Waals surface area contributed by atoms with Crippen molar-refractivity contribution in [1.29, 1.82) is 0 Å². The molecule has 0 aromatic heterocycles. The molecule has 0 saturated heterocycles. The molecule has 29 heavy (non-hydrogen) atoms. The topological polar surface area (TPSA) is 30.5 Å². The summed E-state index contributed by atoms with van der Waals surface area (Å²) < 4.78 is 12.3. The SMILES string of the molecule is COc1ccc(CCNCc2cc(Br)ccc2OCc2ccccc2Cl)cc1.Cl. The molecule has 3 aromatic rings. The molecule has 0 aliphatic carbocycles. The molecule has 0 unspecified atom stereocenters. The van der Waals surface area contributed by atoms with Gasteiger partial charge in [-0.05, 0) is 54.9 Å². The van der Waals surface area contributed by atoms with Crippen molar-refractivity contribution in [2.75, 3.05) is 13.7 Å². The Balaban J connectivity index is 0.00000300. The zero-order chi connectivity index (χ0) is 19.8. The van der Waals surface area contributed by atoms with Crippen molar-refractivity contribution in [1.82, 2.24) is 5.32 Å². The van der Waals surface area contributed by atoms with Crippen LogP contribution in [0.15, 0.2) is 71.2 Å². The van der Waals surface area contributed by atoms with E-state index in [0.717, 1.165) is 51.6 Å². The Hall–Kier alpha value is -1.72. The molecule has 0 aliphatic heterocycles. The van der Waals surface area contributed by atoms with Crippen LogP contribution in [0, 0.1) is 0 Å². The first-order valence-electron chi connectivity index (χ1n) is 9.14. The molecule has 3 nitrogen and oxygen atoms in total. The quantitative estimate of drug-likeness (QED) is 0.345. The average Bonchev–Trinajstić information content (AvgIpc) is 2.72. The Bertz CT molecular complexity index is 904. The number of ether oxygens (including phenoxy) is 2. The van der Waals surface area contributed by atoms with Gasteiger partial charge in [-0.2, -0.15) is 0 Å². The van der Waals surface area contributed by atoms with Crippen molar-refractivity contribution < 1.29 is 9.47 Å². The molecule has 154 valence electrons. The van der Waals surface area contributed by atoms with Crippen LogP contribution in [-0.2, 0) is 19.6 Å². The van der Waals surface area contributed by atoms with E-state index in [1.807, 2.05) is 48.5 Å². The largest absolute Gasteiger partial charge is 0.497 e. The van der Waals surface area contributed by atoms with Gasteiger partial charge in [-0.1, -0.05) is 57.9 Å². The number of nitrogens with one attached hydrogen (secondary N) is 1. The van der Waals surface area contributed by atoms with Crippen LogP contribution in [0.3, 0.4) is 0 Å². The highest BCUT2D eigenvalue weighted by Crippen LogP contribution is 2.25. The van der Waals surface area contributed by atoms with Gasteiger partial charge in [0, 0.05) is 27.2 Å². The number of benzene rings is 3. The van der Waals surface area contributed by atoms with Crippen molar-refractivity contribution in [3.63, 3.8) is 0 Å². The van der Waals surface area contributed by atoms with E-state index in [1.165, 1.54) is 5.56 Å². The highest BCUT2D eigenvalue weighted by molar-refractivity contribution is 9.10. The minimum absolute atomic E-state index is 0. The summed E-state index contributed by atoms with van der Waals surface area (Å²) in [5, 5.41) is 4.22. The van der Waals surface area contributed by atoms with Crippen molar-refractivity contribution in [3.8, 4) is 11.5 Å². The normalized spacial score (nSPS) is 10.3. The van der Waals surface area contributed by atoms with Crippen LogP contribution in [0.2, 0.25) is 5.02 Å². The number of hydrogen-bond acceptors (Lipinski definition) is 3. The molecule has 6 heteroatoms. The first-order chi connectivity index (χ1) is 13.7. The van der Waals surface area contributed by atoms with Gasteiger partial charge in [0.05, 0.1) is 7.11 Å². The molecular weight excluding hydrogens is 473 g/mol. The lowest BCUT2D eigenvalue weighted by atomic mass is 10.1. The third-order valence-electron chi connectivity index (χ3n) is 4.43. The minimum Gasteiger partial charge on any atom is -0.497 e. The molecule has 0 heterocycles. The van der Waals surface area contributed by atoms with Crippen LogP contribution in [0.25, 0.3) is 0 Å². The van der Waals surface area contributed by atoms with Gasteiger partial charge >= 0.3 is 0 Å². The first-order valence-corrected chi connectivity index (χ1v) is 10.3. The van der Waals surface area contributed by atoms with E-state index in [0.29, 0.717) is 6.61 Å². The Kier molecular flexibility index (Phi) is 9.82. The van der Waals surface area contributed by atoms with Crippen LogP contribution >= 0.6 is 39.9 Å². The van der Waals surface area contributed by atoms with Gasteiger partial charge in [-0.25, -0.2) is 0 Å². The van der Waals surface area contributed by atoms with Gasteiger partial charge in [0.25, 0.3) is 0 Å². The Morgan fingerprint density at radius 2 is 1.72 bits per heavy atom. The molecule has 3 aromatic carbocycles. The summed E-state index contributed by atoms with van der Waals surface area (Å²) in [5.41, 5.74) is 3.36. The zero-order valence-electron chi connectivity index (χ0n) is 16.2. The maximum atomic E-state index is 6.23. The molecule has 0 fully saturated rings. The number of methoxy groups -OCH3 is 1. The van der Waals surface area contributed by atoms with E-state index < -0.39 is 0 Å². The summed E-state index contributed by atoms with van der Waals surface area (Å²) in [6.45, 7) is 2.05. The van der Waals surface area contributed by atoms with Gasteiger partial charge in [0.1, 0.15) is 18.1 Å². The number of rotatable bonds is 9. The molecule has 0 radical (unpaired) electrons. The van der Waals surface area contributed by atoms with Crippen LogP contribution < -0.4 is 14.8 Å². The average molecular weight is 497 g/mol. The maximum Gasteiger partial charge on any atom is 0.124 e. The Morgan fingerprint density at radius 3 is 2.45 bits per heavy atom. The predicted molar refractivity (Wildman–Crippen MR) is 126 cm³/mol. The van der Waals surface area contributed by atoms with Crippen molar-refractivity contribution in [2.24, 2.45) is 0 Å². The smallest absolute Gasteiger partial charge is 0.124 e. The van der Waals surface area contributed by atoms with E-state index in [1.54, 1.807) is 7.11 Å². The first kappa shape index (κ1) is 23.6. The molecule has 0 aliphatic rings. The number of hydrogen-bond donors (Lipinski definition) is 1. The van der Waals surface area contributed by atoms with Crippen molar-refractivity contribution >= 4 is 39.9 Å². The molecule has 1 N–H and O–H groups in total. The fourth-order valence-corrected chi connectivity index (χ4v) is 3.44. The fraction of sp³-hybridized carbons (Fsp3) is 0.217. The predicted octanol–water partition coefficient (Wildman–Crippen LogP) is 6.44. The Morgan fingerprint density at radius 1 is 0.966 bits per heavy atom. The van der Waals surface area contributed by atoms with Crippen LogP contribution in [0.1, 0.15) is 16.7 Å². The van der Waals surface area contributed by atoms with E-state index in [9.17, 15) is 0 Å². The molecule has 3 rings (SSSR count). The van der Waals surface area contributed by atoms with Gasteiger partial charge in [0.15, 0.2) is 0 Å². The van der Waals surface area contributed by atoms with E-state index in [-0.39, 0.29) is 12.4 Å². The van der Waals surface area contributed by atoms with Gasteiger partial charge in [-0.3, -0.25) is 0 Å². The monoisotopic (exact) mass is 495 g/mol. The summed E-state index contributed by atoms with van der Waals surface area (Å²) in [4.78, 5) is 0. The van der Waals surface area contributed by atoms with Crippen LogP contribution in [-0.4, -0.2) is 13.7 Å². The van der Waals surface area contributed by atoms with E-state index >= 15 is 0 Å². The molecule has 0 bridgehead atoms.